The number of carbonyl (C=O) groups is 1. The Morgan fingerprint density at radius 3 is 2.47 bits per heavy atom. The molecule has 0 aliphatic rings. The highest BCUT2D eigenvalue weighted by molar-refractivity contribution is 9.10. The van der Waals surface area contributed by atoms with Crippen LogP contribution in [0.25, 0.3) is 0 Å². The number of rotatable bonds is 4. The standard InChI is InChI=1S/C11H13BrOS2/c1-7(13)4-8-5-9(12)11(15-3)10(6-8)14-2/h5-6H,4H2,1-3H3. The Hall–Kier alpha value is 0.0700. The summed E-state index contributed by atoms with van der Waals surface area (Å²) in [5, 5.41) is 0. The lowest BCUT2D eigenvalue weighted by molar-refractivity contribution is -0.116. The molecular weight excluding hydrogens is 292 g/mol. The zero-order valence-electron chi connectivity index (χ0n) is 8.96. The monoisotopic (exact) mass is 304 g/mol. The SMILES string of the molecule is CSc1cc(CC(C)=O)cc(Br)c1SC. The zero-order valence-corrected chi connectivity index (χ0v) is 12.2. The van der Waals surface area contributed by atoms with E-state index in [0.717, 1.165) is 10.0 Å². The second-order valence-corrected chi connectivity index (χ2v) is 5.71. The van der Waals surface area contributed by atoms with Gasteiger partial charge in [0.05, 0.1) is 0 Å². The van der Waals surface area contributed by atoms with Crippen LogP contribution in [0.1, 0.15) is 12.5 Å². The van der Waals surface area contributed by atoms with E-state index in [1.807, 2.05) is 6.07 Å². The highest BCUT2D eigenvalue weighted by Gasteiger charge is 2.08. The highest BCUT2D eigenvalue weighted by atomic mass is 79.9. The Balaban J connectivity index is 3.13. The average Bonchev–Trinajstić information content (AvgIpc) is 2.15. The molecule has 0 amide bonds. The topological polar surface area (TPSA) is 17.1 Å². The van der Waals surface area contributed by atoms with Gasteiger partial charge in [-0.25, -0.2) is 0 Å². The Kier molecular flexibility index (Phi) is 5.23. The third kappa shape index (κ3) is 3.54. The number of hydrogen-bond acceptors (Lipinski definition) is 3. The maximum atomic E-state index is 11.1. The first-order chi connectivity index (χ1) is 7.08. The molecule has 1 nitrogen and oxygen atoms in total. The number of benzene rings is 1. The van der Waals surface area contributed by atoms with Crippen molar-refractivity contribution >= 4 is 45.2 Å². The maximum Gasteiger partial charge on any atom is 0.134 e. The molecular formula is C11H13BrOS2. The van der Waals surface area contributed by atoms with Crippen molar-refractivity contribution in [3.8, 4) is 0 Å². The molecule has 0 saturated carbocycles. The van der Waals surface area contributed by atoms with Crippen LogP contribution in [0.2, 0.25) is 0 Å². The summed E-state index contributed by atoms with van der Waals surface area (Å²) in [6, 6.07) is 4.13. The largest absolute Gasteiger partial charge is 0.300 e. The Morgan fingerprint density at radius 2 is 2.00 bits per heavy atom. The van der Waals surface area contributed by atoms with Crippen LogP contribution in [-0.2, 0) is 11.2 Å². The molecule has 0 unspecified atom stereocenters. The van der Waals surface area contributed by atoms with E-state index in [2.05, 4.69) is 34.5 Å². The molecule has 0 spiro atoms. The summed E-state index contributed by atoms with van der Waals surface area (Å²) in [5.41, 5.74) is 1.08. The number of thioether (sulfide) groups is 2. The van der Waals surface area contributed by atoms with Crippen LogP contribution < -0.4 is 0 Å². The van der Waals surface area contributed by atoms with E-state index in [0.29, 0.717) is 6.42 Å². The fourth-order valence-corrected chi connectivity index (χ4v) is 4.06. The van der Waals surface area contributed by atoms with Crippen molar-refractivity contribution in [3.63, 3.8) is 0 Å². The number of carbonyl (C=O) groups excluding carboxylic acids is 1. The minimum absolute atomic E-state index is 0.200. The summed E-state index contributed by atoms with van der Waals surface area (Å²) in [6.45, 7) is 1.62. The molecule has 0 fully saturated rings. The molecule has 0 atom stereocenters. The molecule has 1 aromatic rings. The van der Waals surface area contributed by atoms with Crippen molar-refractivity contribution in [2.75, 3.05) is 12.5 Å². The first kappa shape index (κ1) is 13.1. The fourth-order valence-electron chi connectivity index (χ4n) is 1.36. The van der Waals surface area contributed by atoms with Gasteiger partial charge in [-0.15, -0.1) is 23.5 Å². The molecule has 0 N–H and O–H groups in total. The Morgan fingerprint density at radius 1 is 1.33 bits per heavy atom. The van der Waals surface area contributed by atoms with Crippen LogP contribution in [-0.4, -0.2) is 18.3 Å². The molecule has 4 heteroatoms. The van der Waals surface area contributed by atoms with E-state index in [-0.39, 0.29) is 5.78 Å². The van der Waals surface area contributed by atoms with E-state index in [9.17, 15) is 4.79 Å². The molecule has 0 aliphatic carbocycles. The third-order valence-electron chi connectivity index (χ3n) is 1.95. The quantitative estimate of drug-likeness (QED) is 0.782. The van der Waals surface area contributed by atoms with E-state index < -0.39 is 0 Å². The van der Waals surface area contributed by atoms with Crippen molar-refractivity contribution in [1.29, 1.82) is 0 Å². The molecule has 1 aromatic carbocycles. The van der Waals surface area contributed by atoms with Gasteiger partial charge in [-0.2, -0.15) is 0 Å². The Bertz CT molecular complexity index is 377. The van der Waals surface area contributed by atoms with Gasteiger partial charge in [0.25, 0.3) is 0 Å². The van der Waals surface area contributed by atoms with Crippen molar-refractivity contribution in [2.24, 2.45) is 0 Å². The second-order valence-electron chi connectivity index (χ2n) is 3.19. The van der Waals surface area contributed by atoms with Gasteiger partial charge in [0, 0.05) is 20.7 Å². The van der Waals surface area contributed by atoms with Crippen LogP contribution in [0, 0.1) is 0 Å². The lowest BCUT2D eigenvalue weighted by atomic mass is 10.1. The highest BCUT2D eigenvalue weighted by Crippen LogP contribution is 2.35. The van der Waals surface area contributed by atoms with Gasteiger partial charge >= 0.3 is 0 Å². The maximum absolute atomic E-state index is 11.1. The zero-order chi connectivity index (χ0) is 11.4. The molecule has 0 aliphatic heterocycles. The van der Waals surface area contributed by atoms with Crippen LogP contribution in [0.15, 0.2) is 26.4 Å². The molecule has 0 heterocycles. The van der Waals surface area contributed by atoms with Crippen molar-refractivity contribution in [1.82, 2.24) is 0 Å². The van der Waals surface area contributed by atoms with Crippen molar-refractivity contribution < 1.29 is 4.79 Å². The van der Waals surface area contributed by atoms with Gasteiger partial charge in [-0.1, -0.05) is 0 Å². The van der Waals surface area contributed by atoms with Gasteiger partial charge in [-0.3, -0.25) is 4.79 Å². The summed E-state index contributed by atoms with van der Waals surface area (Å²) < 4.78 is 1.08. The lowest BCUT2D eigenvalue weighted by Gasteiger charge is -2.09. The molecule has 0 bridgehead atoms. The number of hydrogen-bond donors (Lipinski definition) is 0. The van der Waals surface area contributed by atoms with Crippen LogP contribution in [0.3, 0.4) is 0 Å². The first-order valence-electron chi connectivity index (χ1n) is 4.48. The summed E-state index contributed by atoms with van der Waals surface area (Å²) in [5.74, 6) is 0.200. The predicted octanol–water partition coefficient (Wildman–Crippen LogP) is 4.02. The molecule has 1 rings (SSSR count). The van der Waals surface area contributed by atoms with E-state index in [4.69, 9.17) is 0 Å². The minimum atomic E-state index is 0.200. The van der Waals surface area contributed by atoms with Gasteiger partial charge in [-0.05, 0) is 53.1 Å². The van der Waals surface area contributed by atoms with Gasteiger partial charge in [0.15, 0.2) is 0 Å². The van der Waals surface area contributed by atoms with Gasteiger partial charge < -0.3 is 0 Å². The van der Waals surface area contributed by atoms with Crippen LogP contribution >= 0.6 is 39.5 Å². The lowest BCUT2D eigenvalue weighted by Crippen LogP contribution is -1.97. The van der Waals surface area contributed by atoms with Crippen molar-refractivity contribution in [2.45, 2.75) is 23.1 Å². The van der Waals surface area contributed by atoms with E-state index in [1.54, 1.807) is 30.4 Å². The van der Waals surface area contributed by atoms with E-state index in [1.165, 1.54) is 9.79 Å². The normalized spacial score (nSPS) is 10.4. The summed E-state index contributed by atoms with van der Waals surface area (Å²) in [7, 11) is 0. The molecule has 0 aromatic heterocycles. The smallest absolute Gasteiger partial charge is 0.134 e. The number of halogens is 1. The summed E-state index contributed by atoms with van der Waals surface area (Å²) in [6.07, 6.45) is 4.63. The summed E-state index contributed by atoms with van der Waals surface area (Å²) >= 11 is 6.98. The molecule has 0 saturated heterocycles. The predicted molar refractivity (Wildman–Crippen MR) is 72.1 cm³/mol. The van der Waals surface area contributed by atoms with Gasteiger partial charge in [0.2, 0.25) is 0 Å². The minimum Gasteiger partial charge on any atom is -0.300 e. The Labute approximate surface area is 108 Å². The van der Waals surface area contributed by atoms with E-state index >= 15 is 0 Å². The van der Waals surface area contributed by atoms with Crippen LogP contribution in [0.4, 0.5) is 0 Å². The first-order valence-corrected chi connectivity index (χ1v) is 7.72. The third-order valence-corrected chi connectivity index (χ3v) is 4.57. The van der Waals surface area contributed by atoms with Crippen LogP contribution in [0.5, 0.6) is 0 Å². The number of ketones is 1. The summed E-state index contributed by atoms with van der Waals surface area (Å²) in [4.78, 5) is 13.5. The molecule has 82 valence electrons. The van der Waals surface area contributed by atoms with Gasteiger partial charge in [0.1, 0.15) is 5.78 Å². The number of Topliss-reactive ketones (excluding diaryl/α,β-unsaturated/α-hetero) is 1. The second kappa shape index (κ2) is 5.97. The molecule has 0 radical (unpaired) electrons. The fraction of sp³-hybridized carbons (Fsp3) is 0.364. The molecule has 15 heavy (non-hydrogen) atoms. The van der Waals surface area contributed by atoms with Crippen molar-refractivity contribution in [3.05, 3.63) is 22.2 Å². The average molecular weight is 305 g/mol.